The van der Waals surface area contributed by atoms with Crippen LogP contribution < -0.4 is 5.32 Å². The number of hydrogen-bond donors (Lipinski definition) is 2. The lowest BCUT2D eigenvalue weighted by atomic mass is 10.1. The lowest BCUT2D eigenvalue weighted by Gasteiger charge is -2.07. The molecule has 0 radical (unpaired) electrons. The highest BCUT2D eigenvalue weighted by Crippen LogP contribution is 2.18. The van der Waals surface area contributed by atoms with Crippen LogP contribution >= 0.6 is 11.6 Å². The standard InChI is InChI=1S/C19H24ClN3O3/c1-14-17(13-22-23(14)16-9-7-8-15(20)12-16)19(26)21-11-6-4-2-3-5-10-18(24)25/h7-9,12-13H,2-6,10-11H2,1H3,(H,21,26)(H,24,25). The van der Waals surface area contributed by atoms with E-state index in [4.69, 9.17) is 16.7 Å². The van der Waals surface area contributed by atoms with Gasteiger partial charge in [0.2, 0.25) is 0 Å². The van der Waals surface area contributed by atoms with E-state index in [1.165, 1.54) is 0 Å². The molecule has 1 aromatic carbocycles. The van der Waals surface area contributed by atoms with Crippen LogP contribution in [-0.2, 0) is 4.79 Å². The Balaban J connectivity index is 1.77. The summed E-state index contributed by atoms with van der Waals surface area (Å²) in [4.78, 5) is 22.8. The van der Waals surface area contributed by atoms with Crippen molar-refractivity contribution in [2.75, 3.05) is 6.54 Å². The van der Waals surface area contributed by atoms with Crippen LogP contribution in [0.1, 0.15) is 54.6 Å². The topological polar surface area (TPSA) is 84.2 Å². The van der Waals surface area contributed by atoms with Crippen LogP contribution in [0.5, 0.6) is 0 Å². The van der Waals surface area contributed by atoms with Gasteiger partial charge in [-0.2, -0.15) is 5.10 Å². The summed E-state index contributed by atoms with van der Waals surface area (Å²) >= 11 is 6.01. The summed E-state index contributed by atoms with van der Waals surface area (Å²) in [6.07, 6.45) is 6.25. The van der Waals surface area contributed by atoms with E-state index in [2.05, 4.69) is 10.4 Å². The first kappa shape index (κ1) is 20.0. The number of carboxylic acid groups (broad SMARTS) is 1. The van der Waals surface area contributed by atoms with Gasteiger partial charge in [0, 0.05) is 18.0 Å². The molecule has 0 aliphatic carbocycles. The molecule has 0 atom stereocenters. The average Bonchev–Trinajstić information content (AvgIpc) is 2.98. The second kappa shape index (κ2) is 9.97. The van der Waals surface area contributed by atoms with Crippen LogP contribution in [0.15, 0.2) is 30.5 Å². The number of unbranched alkanes of at least 4 members (excludes halogenated alkanes) is 4. The zero-order valence-electron chi connectivity index (χ0n) is 14.9. The molecule has 1 heterocycles. The Morgan fingerprint density at radius 2 is 1.92 bits per heavy atom. The quantitative estimate of drug-likeness (QED) is 0.613. The normalized spacial score (nSPS) is 10.7. The fourth-order valence-corrected chi connectivity index (χ4v) is 2.91. The lowest BCUT2D eigenvalue weighted by molar-refractivity contribution is -0.137. The maximum Gasteiger partial charge on any atom is 0.303 e. The number of carbonyl (C=O) groups excluding carboxylic acids is 1. The highest BCUT2D eigenvalue weighted by molar-refractivity contribution is 6.30. The minimum atomic E-state index is -0.744. The van der Waals surface area contributed by atoms with Gasteiger partial charge in [0.25, 0.3) is 5.91 Å². The minimum absolute atomic E-state index is 0.137. The van der Waals surface area contributed by atoms with Crippen molar-refractivity contribution in [2.45, 2.75) is 45.4 Å². The monoisotopic (exact) mass is 377 g/mol. The van der Waals surface area contributed by atoms with E-state index in [-0.39, 0.29) is 12.3 Å². The Morgan fingerprint density at radius 1 is 1.19 bits per heavy atom. The minimum Gasteiger partial charge on any atom is -0.481 e. The number of hydrogen-bond acceptors (Lipinski definition) is 3. The van der Waals surface area contributed by atoms with E-state index in [1.807, 2.05) is 19.1 Å². The molecule has 0 spiro atoms. The molecular formula is C19H24ClN3O3. The molecule has 1 amide bonds. The SMILES string of the molecule is Cc1c(C(=O)NCCCCCCCC(=O)O)cnn1-c1cccc(Cl)c1. The number of halogens is 1. The Hall–Kier alpha value is -2.34. The van der Waals surface area contributed by atoms with Gasteiger partial charge in [-0.05, 0) is 38.0 Å². The van der Waals surface area contributed by atoms with Gasteiger partial charge < -0.3 is 10.4 Å². The molecule has 2 rings (SSSR count). The van der Waals surface area contributed by atoms with Crippen molar-refractivity contribution in [2.24, 2.45) is 0 Å². The molecule has 2 N–H and O–H groups in total. The zero-order chi connectivity index (χ0) is 18.9. The summed E-state index contributed by atoms with van der Waals surface area (Å²) in [5, 5.41) is 16.4. The molecule has 26 heavy (non-hydrogen) atoms. The van der Waals surface area contributed by atoms with Crippen molar-refractivity contribution in [1.82, 2.24) is 15.1 Å². The maximum absolute atomic E-state index is 12.3. The number of carboxylic acids is 1. The summed E-state index contributed by atoms with van der Waals surface area (Å²) in [7, 11) is 0. The molecule has 7 heteroatoms. The number of benzene rings is 1. The Labute approximate surface area is 158 Å². The first-order chi connectivity index (χ1) is 12.5. The van der Waals surface area contributed by atoms with Gasteiger partial charge in [-0.25, -0.2) is 4.68 Å². The summed E-state index contributed by atoms with van der Waals surface area (Å²) in [5.74, 6) is -0.882. The first-order valence-corrected chi connectivity index (χ1v) is 9.17. The summed E-state index contributed by atoms with van der Waals surface area (Å²) < 4.78 is 1.70. The molecule has 0 saturated carbocycles. The lowest BCUT2D eigenvalue weighted by Crippen LogP contribution is -2.24. The Kier molecular flexibility index (Phi) is 7.66. The van der Waals surface area contributed by atoms with Crippen LogP contribution in [0.3, 0.4) is 0 Å². The molecule has 0 saturated heterocycles. The van der Waals surface area contributed by atoms with E-state index in [9.17, 15) is 9.59 Å². The van der Waals surface area contributed by atoms with E-state index in [1.54, 1.807) is 23.0 Å². The van der Waals surface area contributed by atoms with Crippen LogP contribution in [0.2, 0.25) is 5.02 Å². The largest absolute Gasteiger partial charge is 0.481 e. The number of carbonyl (C=O) groups is 2. The zero-order valence-corrected chi connectivity index (χ0v) is 15.6. The van der Waals surface area contributed by atoms with Gasteiger partial charge in [0.1, 0.15) is 0 Å². The van der Waals surface area contributed by atoms with E-state index in [0.29, 0.717) is 23.6 Å². The van der Waals surface area contributed by atoms with Gasteiger partial charge in [-0.3, -0.25) is 9.59 Å². The fourth-order valence-electron chi connectivity index (χ4n) is 2.73. The van der Waals surface area contributed by atoms with Gasteiger partial charge in [-0.1, -0.05) is 36.9 Å². The Morgan fingerprint density at radius 3 is 2.65 bits per heavy atom. The predicted octanol–water partition coefficient (Wildman–Crippen LogP) is 3.99. The number of rotatable bonds is 10. The summed E-state index contributed by atoms with van der Waals surface area (Å²) in [6, 6.07) is 7.32. The second-order valence-corrected chi connectivity index (χ2v) is 6.64. The molecule has 0 aliphatic rings. The molecule has 1 aromatic heterocycles. The maximum atomic E-state index is 12.3. The van der Waals surface area contributed by atoms with Gasteiger partial charge in [0.05, 0.1) is 23.1 Å². The number of amides is 1. The number of nitrogens with one attached hydrogen (secondary N) is 1. The third kappa shape index (κ3) is 5.88. The van der Waals surface area contributed by atoms with Crippen molar-refractivity contribution in [3.63, 3.8) is 0 Å². The fraction of sp³-hybridized carbons (Fsp3) is 0.421. The third-order valence-electron chi connectivity index (χ3n) is 4.16. The van der Waals surface area contributed by atoms with Crippen LogP contribution in [0.25, 0.3) is 5.69 Å². The number of aliphatic carboxylic acids is 1. The van der Waals surface area contributed by atoms with Crippen molar-refractivity contribution >= 4 is 23.5 Å². The highest BCUT2D eigenvalue weighted by Gasteiger charge is 2.14. The van der Waals surface area contributed by atoms with E-state index in [0.717, 1.165) is 37.1 Å². The van der Waals surface area contributed by atoms with Gasteiger partial charge in [-0.15, -0.1) is 0 Å². The highest BCUT2D eigenvalue weighted by atomic mass is 35.5. The molecule has 6 nitrogen and oxygen atoms in total. The van der Waals surface area contributed by atoms with Gasteiger partial charge in [0.15, 0.2) is 0 Å². The van der Waals surface area contributed by atoms with Crippen molar-refractivity contribution < 1.29 is 14.7 Å². The van der Waals surface area contributed by atoms with Crippen molar-refractivity contribution in [3.05, 3.63) is 46.7 Å². The smallest absolute Gasteiger partial charge is 0.303 e. The van der Waals surface area contributed by atoms with Crippen LogP contribution in [0, 0.1) is 6.92 Å². The van der Waals surface area contributed by atoms with Crippen LogP contribution in [0.4, 0.5) is 0 Å². The third-order valence-corrected chi connectivity index (χ3v) is 4.40. The molecule has 0 unspecified atom stereocenters. The van der Waals surface area contributed by atoms with Crippen molar-refractivity contribution in [3.8, 4) is 5.69 Å². The number of aromatic nitrogens is 2. The summed E-state index contributed by atoms with van der Waals surface area (Å²) in [6.45, 7) is 2.45. The molecule has 0 aliphatic heterocycles. The van der Waals surface area contributed by atoms with Crippen molar-refractivity contribution in [1.29, 1.82) is 0 Å². The Bertz CT molecular complexity index is 758. The second-order valence-electron chi connectivity index (χ2n) is 6.20. The van der Waals surface area contributed by atoms with Gasteiger partial charge >= 0.3 is 5.97 Å². The molecule has 0 fully saturated rings. The summed E-state index contributed by atoms with van der Waals surface area (Å²) in [5.41, 5.74) is 2.13. The number of nitrogens with zero attached hydrogens (tertiary/aromatic N) is 2. The molecule has 2 aromatic rings. The molecular weight excluding hydrogens is 354 g/mol. The van der Waals surface area contributed by atoms with Crippen LogP contribution in [-0.4, -0.2) is 33.3 Å². The predicted molar refractivity (Wildman–Crippen MR) is 101 cm³/mol. The molecule has 140 valence electrons. The van der Waals surface area contributed by atoms with E-state index < -0.39 is 5.97 Å². The molecule has 0 bridgehead atoms. The van der Waals surface area contributed by atoms with E-state index >= 15 is 0 Å². The average molecular weight is 378 g/mol. The first-order valence-electron chi connectivity index (χ1n) is 8.79.